The van der Waals surface area contributed by atoms with Crippen molar-refractivity contribution in [3.8, 4) is 0 Å². The average Bonchev–Trinajstić information content (AvgIpc) is 2.80. The quantitative estimate of drug-likeness (QED) is 0.820. The van der Waals surface area contributed by atoms with Gasteiger partial charge in [-0.05, 0) is 51.4 Å². The highest BCUT2D eigenvalue weighted by Crippen LogP contribution is 2.24. The molecule has 3 rings (SSSR count). The summed E-state index contributed by atoms with van der Waals surface area (Å²) in [5.74, 6) is -0.295. The molecule has 7 heteroatoms. The fraction of sp³-hybridized carbons (Fsp3) is 0.500. The maximum Gasteiger partial charge on any atom is 0.262 e. The summed E-state index contributed by atoms with van der Waals surface area (Å²) in [6.07, 6.45) is 1.90. The molecule has 136 valence electrons. The molecule has 1 fully saturated rings. The Hall–Kier alpha value is -1.92. The van der Waals surface area contributed by atoms with Crippen LogP contribution >= 0.6 is 12.4 Å². The third-order valence-corrected chi connectivity index (χ3v) is 4.88. The van der Waals surface area contributed by atoms with E-state index in [2.05, 4.69) is 5.32 Å². The van der Waals surface area contributed by atoms with Crippen LogP contribution in [-0.4, -0.2) is 60.7 Å². The average molecular weight is 366 g/mol. The van der Waals surface area contributed by atoms with Crippen LogP contribution in [-0.2, 0) is 4.79 Å². The zero-order valence-electron chi connectivity index (χ0n) is 14.6. The summed E-state index contributed by atoms with van der Waals surface area (Å²) in [5.41, 5.74) is 1.72. The molecule has 2 heterocycles. The van der Waals surface area contributed by atoms with Gasteiger partial charge in [-0.1, -0.05) is 11.6 Å². The Balaban J connectivity index is 0.00000225. The van der Waals surface area contributed by atoms with E-state index in [0.29, 0.717) is 30.1 Å². The van der Waals surface area contributed by atoms with E-state index in [1.807, 2.05) is 20.0 Å². The van der Waals surface area contributed by atoms with Crippen molar-refractivity contribution in [1.82, 2.24) is 15.1 Å². The van der Waals surface area contributed by atoms with Crippen LogP contribution in [0.15, 0.2) is 18.2 Å². The fourth-order valence-electron chi connectivity index (χ4n) is 3.46. The van der Waals surface area contributed by atoms with Crippen LogP contribution in [0.25, 0.3) is 0 Å². The van der Waals surface area contributed by atoms with Gasteiger partial charge in [-0.3, -0.25) is 19.3 Å². The third kappa shape index (κ3) is 3.85. The van der Waals surface area contributed by atoms with Gasteiger partial charge in [-0.2, -0.15) is 0 Å². The first-order valence-corrected chi connectivity index (χ1v) is 8.40. The molecule has 0 aliphatic carbocycles. The molecule has 0 bridgehead atoms. The number of hydrogen-bond donors (Lipinski definition) is 1. The molecule has 0 aromatic heterocycles. The Kier molecular flexibility index (Phi) is 6.19. The maximum absolute atomic E-state index is 12.5. The zero-order chi connectivity index (χ0) is 17.3. The smallest absolute Gasteiger partial charge is 0.262 e. The summed E-state index contributed by atoms with van der Waals surface area (Å²) < 4.78 is 0. The van der Waals surface area contributed by atoms with Crippen molar-refractivity contribution in [1.29, 1.82) is 0 Å². The number of fused-ring (bicyclic) bond motifs is 1. The number of benzene rings is 1. The van der Waals surface area contributed by atoms with Gasteiger partial charge in [0.15, 0.2) is 0 Å². The number of carbonyl (C=O) groups excluding carboxylic acids is 3. The van der Waals surface area contributed by atoms with E-state index >= 15 is 0 Å². The lowest BCUT2D eigenvalue weighted by Crippen LogP contribution is -2.46. The molecular weight excluding hydrogens is 342 g/mol. The van der Waals surface area contributed by atoms with Crippen LogP contribution in [0, 0.1) is 12.8 Å². The fourth-order valence-corrected chi connectivity index (χ4v) is 3.46. The van der Waals surface area contributed by atoms with Gasteiger partial charge in [0.1, 0.15) is 6.54 Å². The Morgan fingerprint density at radius 3 is 2.44 bits per heavy atom. The summed E-state index contributed by atoms with van der Waals surface area (Å²) >= 11 is 0. The number of hydrogen-bond acceptors (Lipinski definition) is 4. The number of nitrogens with zero attached hydrogens (tertiary/aromatic N) is 2. The highest BCUT2D eigenvalue weighted by Gasteiger charge is 2.37. The van der Waals surface area contributed by atoms with E-state index in [4.69, 9.17) is 0 Å². The number of nitrogens with one attached hydrogen (secondary N) is 1. The summed E-state index contributed by atoms with van der Waals surface area (Å²) in [6.45, 7) is 4.05. The van der Waals surface area contributed by atoms with E-state index in [-0.39, 0.29) is 36.7 Å². The third-order valence-electron chi connectivity index (χ3n) is 4.88. The summed E-state index contributed by atoms with van der Waals surface area (Å²) in [6, 6.07) is 5.18. The van der Waals surface area contributed by atoms with Gasteiger partial charge >= 0.3 is 0 Å². The van der Waals surface area contributed by atoms with Gasteiger partial charge < -0.3 is 10.2 Å². The Morgan fingerprint density at radius 2 is 1.80 bits per heavy atom. The minimum Gasteiger partial charge on any atom is -0.341 e. The van der Waals surface area contributed by atoms with Crippen LogP contribution in [0.2, 0.25) is 0 Å². The zero-order valence-corrected chi connectivity index (χ0v) is 15.4. The molecule has 1 aromatic carbocycles. The minimum absolute atomic E-state index is 0. The Labute approximate surface area is 154 Å². The first-order chi connectivity index (χ1) is 11.5. The van der Waals surface area contributed by atoms with Crippen molar-refractivity contribution in [2.75, 3.05) is 33.2 Å². The highest BCUT2D eigenvalue weighted by atomic mass is 35.5. The minimum atomic E-state index is -0.367. The molecule has 0 spiro atoms. The molecule has 0 radical (unpaired) electrons. The van der Waals surface area contributed by atoms with Crippen molar-refractivity contribution in [3.05, 3.63) is 34.9 Å². The number of carbonyl (C=O) groups is 3. The number of halogens is 1. The molecule has 3 amide bonds. The number of amides is 3. The van der Waals surface area contributed by atoms with E-state index in [1.54, 1.807) is 17.0 Å². The normalized spacial score (nSPS) is 17.5. The monoisotopic (exact) mass is 365 g/mol. The Bertz CT molecular complexity index is 684. The number of aryl methyl sites for hydroxylation is 1. The topological polar surface area (TPSA) is 69.7 Å². The van der Waals surface area contributed by atoms with Gasteiger partial charge in [0.2, 0.25) is 5.91 Å². The first kappa shape index (κ1) is 19.4. The standard InChI is InChI=1S/C18H23N3O3.ClH/c1-12-3-4-14-15(9-12)18(24)21(17(14)23)11-16(22)20-7-5-13(6-8-20)10-19-2;/h3-4,9,13,19H,5-8,10-11H2,1-2H3;1H. The number of piperidine rings is 1. The lowest BCUT2D eigenvalue weighted by molar-refractivity contribution is -0.132. The molecule has 1 aromatic rings. The van der Waals surface area contributed by atoms with Crippen LogP contribution < -0.4 is 5.32 Å². The second-order valence-electron chi connectivity index (χ2n) is 6.63. The van der Waals surface area contributed by atoms with Crippen LogP contribution in [0.4, 0.5) is 0 Å². The lowest BCUT2D eigenvalue weighted by Gasteiger charge is -2.32. The SMILES string of the molecule is CNCC1CCN(C(=O)CN2C(=O)c3ccc(C)cc3C2=O)CC1.Cl. The molecule has 0 atom stereocenters. The number of imide groups is 1. The maximum atomic E-state index is 12.5. The molecule has 25 heavy (non-hydrogen) atoms. The van der Waals surface area contributed by atoms with E-state index < -0.39 is 0 Å². The molecule has 0 unspecified atom stereocenters. The van der Waals surface area contributed by atoms with Crippen LogP contribution in [0.5, 0.6) is 0 Å². The summed E-state index contributed by atoms with van der Waals surface area (Å²) in [7, 11) is 1.93. The van der Waals surface area contributed by atoms with Gasteiger partial charge in [-0.25, -0.2) is 0 Å². The second kappa shape index (κ2) is 7.97. The summed E-state index contributed by atoms with van der Waals surface area (Å²) in [4.78, 5) is 40.2. The Morgan fingerprint density at radius 1 is 1.16 bits per heavy atom. The molecule has 1 saturated heterocycles. The van der Waals surface area contributed by atoms with Crippen molar-refractivity contribution in [3.63, 3.8) is 0 Å². The van der Waals surface area contributed by atoms with Crippen molar-refractivity contribution in [2.45, 2.75) is 19.8 Å². The van der Waals surface area contributed by atoms with Gasteiger partial charge in [-0.15, -0.1) is 12.4 Å². The van der Waals surface area contributed by atoms with Crippen LogP contribution in [0.3, 0.4) is 0 Å². The van der Waals surface area contributed by atoms with Crippen LogP contribution in [0.1, 0.15) is 39.1 Å². The number of rotatable bonds is 4. The molecule has 0 saturated carbocycles. The van der Waals surface area contributed by atoms with Crippen molar-refractivity contribution >= 4 is 30.1 Å². The largest absolute Gasteiger partial charge is 0.341 e. The lowest BCUT2D eigenvalue weighted by atomic mass is 9.97. The number of likely N-dealkylation sites (tertiary alicyclic amines) is 1. The summed E-state index contributed by atoms with van der Waals surface area (Å²) in [5, 5.41) is 3.17. The molecular formula is C18H24ClN3O3. The first-order valence-electron chi connectivity index (χ1n) is 8.40. The predicted molar refractivity (Wildman–Crippen MR) is 97.0 cm³/mol. The predicted octanol–water partition coefficient (Wildman–Crippen LogP) is 1.47. The van der Waals surface area contributed by atoms with Crippen molar-refractivity contribution in [2.24, 2.45) is 5.92 Å². The van der Waals surface area contributed by atoms with Gasteiger partial charge in [0.25, 0.3) is 11.8 Å². The van der Waals surface area contributed by atoms with Crippen molar-refractivity contribution < 1.29 is 14.4 Å². The van der Waals surface area contributed by atoms with E-state index in [1.165, 1.54) is 0 Å². The molecule has 6 nitrogen and oxygen atoms in total. The molecule has 2 aliphatic heterocycles. The molecule has 1 N–H and O–H groups in total. The van der Waals surface area contributed by atoms with E-state index in [9.17, 15) is 14.4 Å². The molecule has 2 aliphatic rings. The van der Waals surface area contributed by atoms with E-state index in [0.717, 1.165) is 29.8 Å². The second-order valence-corrected chi connectivity index (χ2v) is 6.63. The van der Waals surface area contributed by atoms with Gasteiger partial charge in [0, 0.05) is 13.1 Å². The highest BCUT2D eigenvalue weighted by molar-refractivity contribution is 6.22. The van der Waals surface area contributed by atoms with Gasteiger partial charge in [0.05, 0.1) is 11.1 Å².